The van der Waals surface area contributed by atoms with Gasteiger partial charge in [-0.15, -0.1) is 0 Å². The second-order valence-electron chi connectivity index (χ2n) is 5.21. The van der Waals surface area contributed by atoms with Crippen LogP contribution in [0.3, 0.4) is 0 Å². The first-order valence-electron chi connectivity index (χ1n) is 6.28. The van der Waals surface area contributed by atoms with Crippen LogP contribution in [0.4, 0.5) is 5.69 Å². The molecule has 20 heavy (non-hydrogen) atoms. The zero-order valence-electron chi connectivity index (χ0n) is 11.7. The number of likely N-dealkylation sites (N-methyl/N-ethyl adjacent to an activating group) is 1. The molecule has 0 aliphatic carbocycles. The molecule has 102 valence electrons. The molecule has 0 radical (unpaired) electrons. The van der Waals surface area contributed by atoms with Crippen molar-refractivity contribution in [2.75, 3.05) is 11.9 Å². The molecule has 0 unspecified atom stereocenters. The Balaban J connectivity index is 2.68. The summed E-state index contributed by atoms with van der Waals surface area (Å²) in [6.45, 7) is 3.31. The van der Waals surface area contributed by atoms with Gasteiger partial charge in [-0.05, 0) is 26.0 Å². The first kappa shape index (κ1) is 13.9. The number of aliphatic carboxylic acids is 1. The van der Waals surface area contributed by atoms with E-state index in [9.17, 15) is 9.90 Å². The molecule has 0 spiro atoms. The lowest BCUT2D eigenvalue weighted by molar-refractivity contribution is -0.142. The van der Waals surface area contributed by atoms with Gasteiger partial charge in [0.15, 0.2) is 0 Å². The van der Waals surface area contributed by atoms with E-state index in [-0.39, 0.29) is 0 Å². The topological polar surface area (TPSA) is 64.3 Å². The maximum Gasteiger partial charge on any atom is 0.328 e. The third-order valence-electron chi connectivity index (χ3n) is 3.74. The Morgan fingerprint density at radius 2 is 1.80 bits per heavy atom. The van der Waals surface area contributed by atoms with Crippen LogP contribution in [0.1, 0.15) is 19.4 Å². The molecule has 2 aromatic rings. The van der Waals surface area contributed by atoms with Gasteiger partial charge in [-0.3, -0.25) is 0 Å². The standard InChI is InChI=1S/C16H16N2O2/c1-16(2,15(19)20)18(3)14-9-8-11(10-17)12-6-4-5-7-13(12)14/h4-9H,1-3H3,(H,19,20). The third-order valence-corrected chi connectivity index (χ3v) is 3.74. The smallest absolute Gasteiger partial charge is 0.328 e. The Labute approximate surface area is 117 Å². The minimum absolute atomic E-state index is 0.589. The molecule has 1 N–H and O–H groups in total. The van der Waals surface area contributed by atoms with Gasteiger partial charge in [0, 0.05) is 23.5 Å². The fraction of sp³-hybridized carbons (Fsp3) is 0.250. The van der Waals surface area contributed by atoms with Crippen LogP contribution in [0.25, 0.3) is 10.8 Å². The van der Waals surface area contributed by atoms with Gasteiger partial charge in [0.05, 0.1) is 11.6 Å². The van der Waals surface area contributed by atoms with Gasteiger partial charge in [0.1, 0.15) is 5.54 Å². The summed E-state index contributed by atoms with van der Waals surface area (Å²) in [5, 5.41) is 20.2. The molecule has 0 saturated heterocycles. The number of benzene rings is 2. The van der Waals surface area contributed by atoms with Gasteiger partial charge in [0.2, 0.25) is 0 Å². The molecular weight excluding hydrogens is 252 g/mol. The number of hydrogen-bond donors (Lipinski definition) is 1. The summed E-state index contributed by atoms with van der Waals surface area (Å²) >= 11 is 0. The van der Waals surface area contributed by atoms with Crippen molar-refractivity contribution in [2.45, 2.75) is 19.4 Å². The summed E-state index contributed by atoms with van der Waals surface area (Å²) in [6.07, 6.45) is 0. The molecule has 0 aromatic heterocycles. The predicted octanol–water partition coefficient (Wildman–Crippen LogP) is 3.01. The second kappa shape index (κ2) is 4.86. The van der Waals surface area contributed by atoms with Crippen LogP contribution in [0, 0.1) is 11.3 Å². The highest BCUT2D eigenvalue weighted by atomic mass is 16.4. The van der Waals surface area contributed by atoms with Crippen molar-refractivity contribution in [3.63, 3.8) is 0 Å². The Morgan fingerprint density at radius 3 is 2.35 bits per heavy atom. The first-order chi connectivity index (χ1) is 9.39. The Bertz CT molecular complexity index is 714. The van der Waals surface area contributed by atoms with Crippen LogP contribution in [0.15, 0.2) is 36.4 Å². The van der Waals surface area contributed by atoms with Gasteiger partial charge in [-0.2, -0.15) is 5.26 Å². The average Bonchev–Trinajstić information content (AvgIpc) is 2.45. The molecule has 0 amide bonds. The summed E-state index contributed by atoms with van der Waals surface area (Å²) in [4.78, 5) is 13.1. The fourth-order valence-electron chi connectivity index (χ4n) is 2.12. The molecule has 0 heterocycles. The molecule has 4 nitrogen and oxygen atoms in total. The Morgan fingerprint density at radius 1 is 1.20 bits per heavy atom. The van der Waals surface area contributed by atoms with E-state index < -0.39 is 11.5 Å². The summed E-state index contributed by atoms with van der Waals surface area (Å²) < 4.78 is 0. The van der Waals surface area contributed by atoms with Crippen molar-refractivity contribution in [2.24, 2.45) is 0 Å². The highest BCUT2D eigenvalue weighted by Gasteiger charge is 2.33. The van der Waals surface area contributed by atoms with Crippen LogP contribution in [0.2, 0.25) is 0 Å². The van der Waals surface area contributed by atoms with Gasteiger partial charge < -0.3 is 10.0 Å². The lowest BCUT2D eigenvalue weighted by Gasteiger charge is -2.34. The maximum atomic E-state index is 11.4. The van der Waals surface area contributed by atoms with Crippen molar-refractivity contribution in [3.05, 3.63) is 42.0 Å². The zero-order chi connectivity index (χ0) is 14.9. The second-order valence-corrected chi connectivity index (χ2v) is 5.21. The molecule has 2 rings (SSSR count). The van der Waals surface area contributed by atoms with E-state index in [1.165, 1.54) is 0 Å². The normalized spacial score (nSPS) is 11.1. The zero-order valence-corrected chi connectivity index (χ0v) is 11.7. The largest absolute Gasteiger partial charge is 0.480 e. The molecule has 0 aliphatic heterocycles. The van der Waals surface area contributed by atoms with Crippen LogP contribution in [-0.2, 0) is 4.79 Å². The molecule has 0 bridgehead atoms. The number of nitrogens with zero attached hydrogens (tertiary/aromatic N) is 2. The third kappa shape index (κ3) is 2.08. The molecule has 0 saturated carbocycles. The number of fused-ring (bicyclic) bond motifs is 1. The van der Waals surface area contributed by atoms with Gasteiger partial charge in [-0.1, -0.05) is 24.3 Å². The number of nitriles is 1. The van der Waals surface area contributed by atoms with E-state index in [4.69, 9.17) is 5.26 Å². The monoisotopic (exact) mass is 268 g/mol. The number of carboxylic acids is 1. The fourth-order valence-corrected chi connectivity index (χ4v) is 2.12. The minimum Gasteiger partial charge on any atom is -0.480 e. The predicted molar refractivity (Wildman–Crippen MR) is 78.8 cm³/mol. The Kier molecular flexibility index (Phi) is 3.37. The number of anilines is 1. The van der Waals surface area contributed by atoms with Crippen LogP contribution in [0.5, 0.6) is 0 Å². The van der Waals surface area contributed by atoms with Crippen LogP contribution >= 0.6 is 0 Å². The lowest BCUT2D eigenvalue weighted by Crippen LogP contribution is -2.48. The van der Waals surface area contributed by atoms with Gasteiger partial charge >= 0.3 is 5.97 Å². The molecule has 0 fully saturated rings. The van der Waals surface area contributed by atoms with E-state index in [1.807, 2.05) is 24.3 Å². The number of rotatable bonds is 3. The number of carboxylic acid groups (broad SMARTS) is 1. The summed E-state index contributed by atoms with van der Waals surface area (Å²) in [5.41, 5.74) is 0.356. The van der Waals surface area contributed by atoms with E-state index in [1.54, 1.807) is 37.9 Å². The van der Waals surface area contributed by atoms with Crippen LogP contribution < -0.4 is 4.90 Å². The highest BCUT2D eigenvalue weighted by molar-refractivity contribution is 5.99. The van der Waals surface area contributed by atoms with Crippen molar-refractivity contribution in [3.8, 4) is 6.07 Å². The summed E-state index contributed by atoms with van der Waals surface area (Å²) in [6, 6.07) is 13.2. The number of hydrogen-bond acceptors (Lipinski definition) is 3. The van der Waals surface area contributed by atoms with Crippen molar-refractivity contribution >= 4 is 22.4 Å². The highest BCUT2D eigenvalue weighted by Crippen LogP contribution is 2.32. The molecule has 4 heteroatoms. The van der Waals surface area contributed by atoms with E-state index >= 15 is 0 Å². The average molecular weight is 268 g/mol. The molecule has 2 aromatic carbocycles. The quantitative estimate of drug-likeness (QED) is 0.929. The summed E-state index contributed by atoms with van der Waals surface area (Å²) in [7, 11) is 1.75. The van der Waals surface area contributed by atoms with Gasteiger partial charge in [-0.25, -0.2) is 4.79 Å². The number of carbonyl (C=O) groups is 1. The molecule has 0 atom stereocenters. The molecule has 0 aliphatic rings. The first-order valence-corrected chi connectivity index (χ1v) is 6.28. The van der Waals surface area contributed by atoms with Gasteiger partial charge in [0.25, 0.3) is 0 Å². The van der Waals surface area contributed by atoms with E-state index in [0.29, 0.717) is 5.56 Å². The van der Waals surface area contributed by atoms with E-state index in [0.717, 1.165) is 16.5 Å². The minimum atomic E-state index is -1.03. The molecular formula is C16H16N2O2. The van der Waals surface area contributed by atoms with Crippen molar-refractivity contribution in [1.29, 1.82) is 5.26 Å². The van der Waals surface area contributed by atoms with Crippen molar-refractivity contribution < 1.29 is 9.90 Å². The van der Waals surface area contributed by atoms with Crippen LogP contribution in [-0.4, -0.2) is 23.7 Å². The SMILES string of the molecule is CN(c1ccc(C#N)c2ccccc12)C(C)(C)C(=O)O. The summed E-state index contributed by atoms with van der Waals surface area (Å²) in [5.74, 6) is -0.895. The Hall–Kier alpha value is -2.54. The maximum absolute atomic E-state index is 11.4. The van der Waals surface area contributed by atoms with E-state index in [2.05, 4.69) is 6.07 Å². The van der Waals surface area contributed by atoms with Crippen molar-refractivity contribution in [1.82, 2.24) is 0 Å². The lowest BCUT2D eigenvalue weighted by atomic mass is 9.98.